The Labute approximate surface area is 192 Å². The summed E-state index contributed by atoms with van der Waals surface area (Å²) in [4.78, 5) is 4.86. The zero-order valence-corrected chi connectivity index (χ0v) is 19.6. The van der Waals surface area contributed by atoms with Crippen LogP contribution in [0.25, 0.3) is 0 Å². The van der Waals surface area contributed by atoms with Crippen LogP contribution in [0.4, 0.5) is 4.39 Å². The van der Waals surface area contributed by atoms with Crippen molar-refractivity contribution in [1.29, 1.82) is 0 Å². The minimum atomic E-state index is -0.194. The van der Waals surface area contributed by atoms with Crippen molar-refractivity contribution >= 4 is 0 Å². The number of fused-ring (bicyclic) bond motifs is 1. The van der Waals surface area contributed by atoms with E-state index in [1.807, 2.05) is 38.1 Å². The van der Waals surface area contributed by atoms with Gasteiger partial charge in [0.05, 0.1) is 11.9 Å². The molecule has 5 heteroatoms. The molecule has 32 heavy (non-hydrogen) atoms. The summed E-state index contributed by atoms with van der Waals surface area (Å²) in [6, 6.07) is 15.5. The Morgan fingerprint density at radius 1 is 1.06 bits per heavy atom. The fraction of sp³-hybridized carbons (Fsp3) is 0.481. The Hall–Kier alpha value is -2.53. The highest BCUT2D eigenvalue weighted by molar-refractivity contribution is 5.27. The Bertz CT molecular complexity index is 882. The summed E-state index contributed by atoms with van der Waals surface area (Å²) in [6.45, 7) is 12.3. The van der Waals surface area contributed by atoms with Crippen LogP contribution in [0.1, 0.15) is 37.8 Å². The van der Waals surface area contributed by atoms with Crippen LogP contribution in [0.5, 0.6) is 5.75 Å². The molecule has 1 heterocycles. The fourth-order valence-electron chi connectivity index (χ4n) is 5.25. The summed E-state index contributed by atoms with van der Waals surface area (Å²) < 4.78 is 19.2. The first-order chi connectivity index (χ1) is 15.4. The third kappa shape index (κ3) is 5.63. The number of halogens is 1. The van der Waals surface area contributed by atoms with Gasteiger partial charge in [-0.05, 0) is 81.0 Å². The summed E-state index contributed by atoms with van der Waals surface area (Å²) in [5.74, 6) is 3.17. The van der Waals surface area contributed by atoms with Crippen LogP contribution >= 0.6 is 0 Å². The summed E-state index contributed by atoms with van der Waals surface area (Å²) >= 11 is 0. The Balaban J connectivity index is 1.41. The van der Waals surface area contributed by atoms with Crippen molar-refractivity contribution < 1.29 is 9.13 Å². The average molecular weight is 438 g/mol. The molecule has 0 radical (unpaired) electrons. The van der Waals surface area contributed by atoms with Crippen LogP contribution in [-0.4, -0.2) is 42.1 Å². The van der Waals surface area contributed by atoms with Crippen LogP contribution < -0.4 is 10.1 Å². The Kier molecular flexibility index (Phi) is 7.04. The molecule has 0 amide bonds. The van der Waals surface area contributed by atoms with Crippen molar-refractivity contribution in [3.8, 4) is 5.75 Å². The highest BCUT2D eigenvalue weighted by Gasteiger charge is 2.41. The van der Waals surface area contributed by atoms with Gasteiger partial charge in [-0.1, -0.05) is 30.8 Å². The summed E-state index contributed by atoms with van der Waals surface area (Å²) in [5, 5.41) is 3.55. The van der Waals surface area contributed by atoms with Crippen LogP contribution in [0.3, 0.4) is 0 Å². The molecule has 2 aromatic carbocycles. The van der Waals surface area contributed by atoms with E-state index >= 15 is 0 Å². The lowest BCUT2D eigenvalue weighted by Gasteiger charge is -2.34. The first-order valence-electron chi connectivity index (χ1n) is 11.8. The van der Waals surface area contributed by atoms with Gasteiger partial charge in [-0.25, -0.2) is 4.39 Å². The second kappa shape index (κ2) is 9.95. The minimum absolute atomic E-state index is 0.171. The topological polar surface area (TPSA) is 27.7 Å². The van der Waals surface area contributed by atoms with Gasteiger partial charge in [0.1, 0.15) is 11.6 Å². The molecule has 0 bridgehead atoms. The molecule has 172 valence electrons. The third-order valence-corrected chi connectivity index (χ3v) is 6.75. The molecular formula is C27H36FN3O. The van der Waals surface area contributed by atoms with Gasteiger partial charge in [0.25, 0.3) is 0 Å². The van der Waals surface area contributed by atoms with E-state index in [0.717, 1.165) is 35.5 Å². The van der Waals surface area contributed by atoms with Crippen molar-refractivity contribution in [3.05, 3.63) is 77.9 Å². The van der Waals surface area contributed by atoms with E-state index < -0.39 is 0 Å². The van der Waals surface area contributed by atoms with Gasteiger partial charge in [-0.15, -0.1) is 0 Å². The molecule has 1 saturated carbocycles. The predicted molar refractivity (Wildman–Crippen MR) is 128 cm³/mol. The highest BCUT2D eigenvalue weighted by atomic mass is 19.1. The number of ether oxygens (including phenoxy) is 1. The number of nitrogens with one attached hydrogen (secondary N) is 1. The van der Waals surface area contributed by atoms with Crippen LogP contribution in [0, 0.1) is 17.7 Å². The Morgan fingerprint density at radius 2 is 1.66 bits per heavy atom. The van der Waals surface area contributed by atoms with Crippen LogP contribution in [0.2, 0.25) is 0 Å². The first kappa shape index (κ1) is 22.7. The maximum Gasteiger partial charge on any atom is 0.123 e. The van der Waals surface area contributed by atoms with E-state index in [-0.39, 0.29) is 11.9 Å². The van der Waals surface area contributed by atoms with Gasteiger partial charge in [0.15, 0.2) is 0 Å². The van der Waals surface area contributed by atoms with Crippen LogP contribution in [0.15, 0.2) is 60.9 Å². The smallest absolute Gasteiger partial charge is 0.123 e. The fourth-order valence-corrected chi connectivity index (χ4v) is 5.25. The van der Waals surface area contributed by atoms with Crippen molar-refractivity contribution in [3.63, 3.8) is 0 Å². The maximum atomic E-state index is 13.4. The number of nitrogens with zero attached hydrogens (tertiary/aromatic N) is 2. The monoisotopic (exact) mass is 437 g/mol. The molecule has 1 N–H and O–H groups in total. The van der Waals surface area contributed by atoms with Crippen molar-refractivity contribution in [2.75, 3.05) is 20.1 Å². The number of rotatable bonds is 9. The van der Waals surface area contributed by atoms with E-state index in [1.165, 1.54) is 31.5 Å². The SMILES string of the molecule is C=C(NCc1ccc(OC(C)C)cc1)N(Cc1ccc(F)cc1)C1C[C@@H]2CN(C)C[C@@H]2C1. The lowest BCUT2D eigenvalue weighted by Crippen LogP contribution is -2.38. The van der Waals surface area contributed by atoms with E-state index in [9.17, 15) is 4.39 Å². The van der Waals surface area contributed by atoms with E-state index in [2.05, 4.69) is 40.9 Å². The first-order valence-corrected chi connectivity index (χ1v) is 11.8. The van der Waals surface area contributed by atoms with E-state index in [0.29, 0.717) is 12.6 Å². The molecule has 4 rings (SSSR count). The molecule has 2 aliphatic rings. The third-order valence-electron chi connectivity index (χ3n) is 6.75. The molecule has 2 fully saturated rings. The second-order valence-electron chi connectivity index (χ2n) is 9.73. The molecule has 1 aliphatic carbocycles. The van der Waals surface area contributed by atoms with Crippen LogP contribution in [-0.2, 0) is 13.1 Å². The van der Waals surface area contributed by atoms with Gasteiger partial charge in [0.2, 0.25) is 0 Å². The van der Waals surface area contributed by atoms with Gasteiger partial charge < -0.3 is 19.9 Å². The highest BCUT2D eigenvalue weighted by Crippen LogP contribution is 2.40. The standard InChI is InChI=1S/C27H36FN3O/c1-19(2)32-27-11-7-21(8-12-27)15-29-20(3)31(16-22-5-9-25(28)10-6-22)26-13-23-17-30(4)18-24(23)14-26/h5-12,19,23-24,26,29H,3,13-18H2,1-2,4H3/t23-,24+,26?. The summed E-state index contributed by atoms with van der Waals surface area (Å²) in [7, 11) is 2.22. The second-order valence-corrected chi connectivity index (χ2v) is 9.73. The largest absolute Gasteiger partial charge is 0.491 e. The number of hydrogen-bond acceptors (Lipinski definition) is 4. The van der Waals surface area contributed by atoms with Crippen molar-refractivity contribution in [2.45, 2.75) is 51.9 Å². The number of likely N-dealkylation sites (tertiary alicyclic amines) is 1. The van der Waals surface area contributed by atoms with E-state index in [1.54, 1.807) is 12.1 Å². The van der Waals surface area contributed by atoms with Gasteiger partial charge >= 0.3 is 0 Å². The molecule has 0 aromatic heterocycles. The molecule has 3 atom stereocenters. The number of benzene rings is 2. The van der Waals surface area contributed by atoms with E-state index in [4.69, 9.17) is 4.74 Å². The molecule has 2 aromatic rings. The molecule has 0 spiro atoms. The van der Waals surface area contributed by atoms with Gasteiger partial charge in [0, 0.05) is 32.2 Å². The normalized spacial score (nSPS) is 22.7. The zero-order valence-electron chi connectivity index (χ0n) is 19.6. The summed E-state index contributed by atoms with van der Waals surface area (Å²) in [6.07, 6.45) is 2.56. The van der Waals surface area contributed by atoms with Crippen molar-refractivity contribution in [1.82, 2.24) is 15.1 Å². The molecule has 1 aliphatic heterocycles. The lowest BCUT2D eigenvalue weighted by molar-refractivity contribution is 0.212. The predicted octanol–water partition coefficient (Wildman–Crippen LogP) is 5.02. The number of hydrogen-bond donors (Lipinski definition) is 1. The minimum Gasteiger partial charge on any atom is -0.491 e. The zero-order chi connectivity index (χ0) is 22.7. The van der Waals surface area contributed by atoms with Gasteiger partial charge in [-0.3, -0.25) is 0 Å². The summed E-state index contributed by atoms with van der Waals surface area (Å²) in [5.41, 5.74) is 2.30. The van der Waals surface area contributed by atoms with Gasteiger partial charge in [-0.2, -0.15) is 0 Å². The Morgan fingerprint density at radius 3 is 2.25 bits per heavy atom. The quantitative estimate of drug-likeness (QED) is 0.596. The lowest BCUT2D eigenvalue weighted by atomic mass is 10.0. The van der Waals surface area contributed by atoms with Crippen molar-refractivity contribution in [2.24, 2.45) is 11.8 Å². The molecule has 1 unspecified atom stereocenters. The average Bonchev–Trinajstić information content (AvgIpc) is 3.29. The molecule has 1 saturated heterocycles. The molecule has 4 nitrogen and oxygen atoms in total. The molecular weight excluding hydrogens is 401 g/mol. The maximum absolute atomic E-state index is 13.4.